The van der Waals surface area contributed by atoms with Crippen molar-refractivity contribution in [1.29, 1.82) is 0 Å². The molecule has 0 aliphatic rings. The number of amides is 2. The van der Waals surface area contributed by atoms with Crippen molar-refractivity contribution < 1.29 is 9.59 Å². The van der Waals surface area contributed by atoms with E-state index in [1.54, 1.807) is 0 Å². The summed E-state index contributed by atoms with van der Waals surface area (Å²) >= 11 is 0. The molecule has 0 aliphatic carbocycles. The fourth-order valence-electron chi connectivity index (χ4n) is 2.63. The van der Waals surface area contributed by atoms with Gasteiger partial charge < -0.3 is 16.4 Å². The zero-order chi connectivity index (χ0) is 18.9. The van der Waals surface area contributed by atoms with Gasteiger partial charge in [0.2, 0.25) is 11.8 Å². The molecule has 2 aromatic rings. The van der Waals surface area contributed by atoms with Crippen molar-refractivity contribution in [1.82, 2.24) is 5.32 Å². The molecule has 146 valence electrons. The Labute approximate surface area is 167 Å². The van der Waals surface area contributed by atoms with Gasteiger partial charge in [0, 0.05) is 31.1 Å². The molecule has 0 saturated heterocycles. The number of benzene rings is 2. The molecule has 5 nitrogen and oxygen atoms in total. The first-order valence-corrected chi connectivity index (χ1v) is 8.90. The highest BCUT2D eigenvalue weighted by atomic mass is 35.5. The van der Waals surface area contributed by atoms with Crippen LogP contribution in [-0.2, 0) is 16.1 Å². The van der Waals surface area contributed by atoms with Gasteiger partial charge in [-0.3, -0.25) is 9.59 Å². The van der Waals surface area contributed by atoms with Gasteiger partial charge in [-0.15, -0.1) is 12.4 Å². The first-order chi connectivity index (χ1) is 12.4. The van der Waals surface area contributed by atoms with E-state index in [-0.39, 0.29) is 36.7 Å². The number of nitrogens with one attached hydrogen (secondary N) is 2. The van der Waals surface area contributed by atoms with E-state index in [0.717, 1.165) is 16.8 Å². The van der Waals surface area contributed by atoms with Gasteiger partial charge in [-0.1, -0.05) is 56.3 Å². The first-order valence-electron chi connectivity index (χ1n) is 8.90. The zero-order valence-corrected chi connectivity index (χ0v) is 16.6. The third-order valence-corrected chi connectivity index (χ3v) is 3.93. The number of halogens is 1. The van der Waals surface area contributed by atoms with E-state index in [1.807, 2.05) is 68.4 Å². The normalized spacial score (nSPS) is 11.4. The van der Waals surface area contributed by atoms with E-state index in [2.05, 4.69) is 10.6 Å². The summed E-state index contributed by atoms with van der Waals surface area (Å²) in [5.74, 6) is 0.205. The van der Waals surface area contributed by atoms with Crippen LogP contribution in [0.5, 0.6) is 0 Å². The van der Waals surface area contributed by atoms with E-state index in [1.165, 1.54) is 0 Å². The molecule has 6 heteroatoms. The van der Waals surface area contributed by atoms with Gasteiger partial charge in [0.25, 0.3) is 0 Å². The Balaban J connectivity index is 0.00000364. The summed E-state index contributed by atoms with van der Waals surface area (Å²) in [6.07, 6.45) is 0.715. The minimum Gasteiger partial charge on any atom is -0.352 e. The highest BCUT2D eigenvalue weighted by molar-refractivity contribution is 5.90. The number of carbonyl (C=O) groups excluding carboxylic acids is 2. The molecule has 27 heavy (non-hydrogen) atoms. The topological polar surface area (TPSA) is 84.2 Å². The van der Waals surface area contributed by atoms with Gasteiger partial charge >= 0.3 is 0 Å². The monoisotopic (exact) mass is 389 g/mol. The Kier molecular flexibility index (Phi) is 9.54. The molecule has 0 saturated carbocycles. The van der Waals surface area contributed by atoms with Gasteiger partial charge in [0.1, 0.15) is 0 Å². The summed E-state index contributed by atoms with van der Waals surface area (Å²) < 4.78 is 0. The van der Waals surface area contributed by atoms with Crippen molar-refractivity contribution in [3.8, 4) is 0 Å². The Hall–Kier alpha value is -2.37. The molecule has 0 bridgehead atoms. The van der Waals surface area contributed by atoms with Gasteiger partial charge in [0.15, 0.2) is 0 Å². The van der Waals surface area contributed by atoms with E-state index in [0.29, 0.717) is 18.9 Å². The molecule has 0 aliphatic heterocycles. The van der Waals surface area contributed by atoms with E-state index in [9.17, 15) is 9.59 Å². The maximum atomic E-state index is 12.1. The number of rotatable bonds is 8. The predicted molar refractivity (Wildman–Crippen MR) is 112 cm³/mol. The van der Waals surface area contributed by atoms with Crippen molar-refractivity contribution in [3.63, 3.8) is 0 Å². The lowest BCUT2D eigenvalue weighted by Crippen LogP contribution is -2.27. The van der Waals surface area contributed by atoms with Crippen molar-refractivity contribution in [3.05, 3.63) is 65.7 Å². The quantitative estimate of drug-likeness (QED) is 0.642. The molecule has 0 aromatic heterocycles. The molecule has 0 spiro atoms. The second kappa shape index (κ2) is 11.4. The summed E-state index contributed by atoms with van der Waals surface area (Å²) in [6.45, 7) is 4.41. The molecular formula is C21H28ClN3O2. The number of anilines is 1. The second-order valence-electron chi connectivity index (χ2n) is 6.84. The Morgan fingerprint density at radius 1 is 0.963 bits per heavy atom. The summed E-state index contributed by atoms with van der Waals surface area (Å²) in [4.78, 5) is 24.0. The third kappa shape index (κ3) is 8.24. The Morgan fingerprint density at radius 2 is 1.67 bits per heavy atom. The summed E-state index contributed by atoms with van der Waals surface area (Å²) in [5.41, 5.74) is 8.68. The third-order valence-electron chi connectivity index (χ3n) is 3.93. The van der Waals surface area contributed by atoms with Crippen LogP contribution in [-0.4, -0.2) is 11.8 Å². The maximum absolute atomic E-state index is 12.1. The van der Waals surface area contributed by atoms with Gasteiger partial charge in [-0.05, 0) is 29.2 Å². The smallest absolute Gasteiger partial charge is 0.224 e. The number of carbonyl (C=O) groups is 2. The van der Waals surface area contributed by atoms with Crippen molar-refractivity contribution in [2.45, 2.75) is 39.3 Å². The molecule has 0 radical (unpaired) electrons. The molecule has 4 N–H and O–H groups in total. The largest absolute Gasteiger partial charge is 0.352 e. The van der Waals surface area contributed by atoms with Crippen LogP contribution in [0.1, 0.15) is 43.9 Å². The van der Waals surface area contributed by atoms with Crippen LogP contribution in [0, 0.1) is 5.92 Å². The SMILES string of the molecule is CC(C)CC(=O)Nc1cccc(CNC(=O)CC(N)c2ccccc2)c1.Cl. The summed E-state index contributed by atoms with van der Waals surface area (Å²) in [5, 5.41) is 5.76. The summed E-state index contributed by atoms with van der Waals surface area (Å²) in [6, 6.07) is 16.7. The van der Waals surface area contributed by atoms with Crippen LogP contribution >= 0.6 is 12.4 Å². The minimum absolute atomic E-state index is 0. The van der Waals surface area contributed by atoms with Crippen molar-refractivity contribution >= 4 is 29.9 Å². The van der Waals surface area contributed by atoms with Crippen LogP contribution < -0.4 is 16.4 Å². The molecule has 2 aromatic carbocycles. The molecule has 2 amide bonds. The highest BCUT2D eigenvalue weighted by Gasteiger charge is 2.11. The van der Waals surface area contributed by atoms with E-state index < -0.39 is 0 Å². The minimum atomic E-state index is -0.321. The van der Waals surface area contributed by atoms with Crippen LogP contribution in [0.3, 0.4) is 0 Å². The van der Waals surface area contributed by atoms with Crippen LogP contribution in [0.4, 0.5) is 5.69 Å². The number of hydrogen-bond acceptors (Lipinski definition) is 3. The molecular weight excluding hydrogens is 362 g/mol. The van der Waals surface area contributed by atoms with Crippen molar-refractivity contribution in [2.24, 2.45) is 11.7 Å². The van der Waals surface area contributed by atoms with Crippen molar-refractivity contribution in [2.75, 3.05) is 5.32 Å². The van der Waals surface area contributed by atoms with Gasteiger partial charge in [0.05, 0.1) is 0 Å². The van der Waals surface area contributed by atoms with Gasteiger partial charge in [-0.25, -0.2) is 0 Å². The van der Waals surface area contributed by atoms with E-state index in [4.69, 9.17) is 5.73 Å². The second-order valence-corrected chi connectivity index (χ2v) is 6.84. The molecule has 1 atom stereocenters. The van der Waals surface area contributed by atoms with Crippen LogP contribution in [0.25, 0.3) is 0 Å². The highest BCUT2D eigenvalue weighted by Crippen LogP contribution is 2.14. The summed E-state index contributed by atoms with van der Waals surface area (Å²) in [7, 11) is 0. The Bertz CT molecular complexity index is 735. The average Bonchev–Trinajstić information content (AvgIpc) is 2.60. The maximum Gasteiger partial charge on any atom is 0.224 e. The fourth-order valence-corrected chi connectivity index (χ4v) is 2.63. The van der Waals surface area contributed by atoms with Gasteiger partial charge in [-0.2, -0.15) is 0 Å². The zero-order valence-electron chi connectivity index (χ0n) is 15.8. The number of hydrogen-bond donors (Lipinski definition) is 3. The molecule has 0 heterocycles. The standard InChI is InChI=1S/C21H27N3O2.ClH/c1-15(2)11-21(26)24-18-10-6-7-16(12-18)14-23-20(25)13-19(22)17-8-4-3-5-9-17;/h3-10,12,15,19H,11,13-14,22H2,1-2H3,(H,23,25)(H,24,26);1H. The lowest BCUT2D eigenvalue weighted by molar-refractivity contribution is -0.121. The Morgan fingerprint density at radius 3 is 2.33 bits per heavy atom. The lowest BCUT2D eigenvalue weighted by Gasteiger charge is -2.13. The molecule has 0 fully saturated rings. The molecule has 2 rings (SSSR count). The molecule has 1 unspecified atom stereocenters. The lowest BCUT2D eigenvalue weighted by atomic mass is 10.0. The van der Waals surface area contributed by atoms with Crippen LogP contribution in [0.2, 0.25) is 0 Å². The average molecular weight is 390 g/mol. The first kappa shape index (κ1) is 22.7. The fraction of sp³-hybridized carbons (Fsp3) is 0.333. The van der Waals surface area contributed by atoms with Crippen LogP contribution in [0.15, 0.2) is 54.6 Å². The number of nitrogens with two attached hydrogens (primary N) is 1. The van der Waals surface area contributed by atoms with E-state index >= 15 is 0 Å². The predicted octanol–water partition coefficient (Wildman–Crippen LogP) is 3.80.